The fourth-order valence-corrected chi connectivity index (χ4v) is 6.78. The van der Waals surface area contributed by atoms with Gasteiger partial charge in [0.05, 0.1) is 14.1 Å². The van der Waals surface area contributed by atoms with Crippen LogP contribution in [-0.2, 0) is 26.3 Å². The molecule has 0 radical (unpaired) electrons. The summed E-state index contributed by atoms with van der Waals surface area (Å²) in [5.74, 6) is -1.98. The SMILES string of the molecule is C=CCO/N=C(/C(=O)NC1C(=O)N2C(C(=O)O)=C(CN(C)c3scc(C)[n+]3C)CS[C@H]12)c1csc(N)n1. The number of nitrogens with zero attached hydrogens (tertiary/aromatic N) is 5. The number of thioether (sulfide) groups is 1. The first-order valence-electron chi connectivity index (χ1n) is 11.0. The minimum Gasteiger partial charge on any atom is -0.477 e. The summed E-state index contributed by atoms with van der Waals surface area (Å²) < 4.78 is 2.03. The molecule has 1 unspecified atom stereocenters. The number of nitrogens with one attached hydrogen (secondary N) is 1. The van der Waals surface area contributed by atoms with Crippen molar-refractivity contribution in [3.63, 3.8) is 0 Å². The fourth-order valence-electron chi connectivity index (χ4n) is 3.92. The highest BCUT2D eigenvalue weighted by Crippen LogP contribution is 2.40. The third kappa shape index (κ3) is 5.19. The molecule has 1 fully saturated rings. The van der Waals surface area contributed by atoms with Crippen LogP contribution >= 0.6 is 34.4 Å². The Kier molecular flexibility index (Phi) is 7.85. The van der Waals surface area contributed by atoms with E-state index >= 15 is 0 Å². The number of oxime groups is 1. The molecule has 0 aromatic carbocycles. The van der Waals surface area contributed by atoms with Gasteiger partial charge in [-0.1, -0.05) is 29.1 Å². The molecule has 4 rings (SSSR count). The van der Waals surface area contributed by atoms with Gasteiger partial charge in [-0.05, 0) is 6.92 Å². The molecule has 2 aliphatic rings. The molecule has 4 N–H and O–H groups in total. The lowest BCUT2D eigenvalue weighted by Gasteiger charge is -2.49. The number of carboxylic acids is 1. The highest BCUT2D eigenvalue weighted by atomic mass is 32.2. The lowest BCUT2D eigenvalue weighted by Crippen LogP contribution is -2.71. The fraction of sp³-hybridized carbons (Fsp3) is 0.364. The summed E-state index contributed by atoms with van der Waals surface area (Å²) >= 11 is 4.09. The molecule has 15 heteroatoms. The molecule has 4 heterocycles. The van der Waals surface area contributed by atoms with Gasteiger partial charge in [0, 0.05) is 22.1 Å². The minimum atomic E-state index is -1.18. The number of thiazole rings is 2. The van der Waals surface area contributed by atoms with E-state index in [1.807, 2.05) is 35.9 Å². The molecule has 37 heavy (non-hydrogen) atoms. The molecule has 0 aliphatic carbocycles. The van der Waals surface area contributed by atoms with Crippen LogP contribution in [0.25, 0.3) is 0 Å². The van der Waals surface area contributed by atoms with E-state index < -0.39 is 29.2 Å². The molecule has 2 aromatic rings. The van der Waals surface area contributed by atoms with Crippen LogP contribution < -0.4 is 20.5 Å². The number of carboxylic acid groups (broad SMARTS) is 1. The molecule has 2 aromatic heterocycles. The van der Waals surface area contributed by atoms with E-state index in [0.717, 1.165) is 22.2 Å². The maximum absolute atomic E-state index is 13.1. The van der Waals surface area contributed by atoms with Crippen molar-refractivity contribution in [2.75, 3.05) is 36.6 Å². The van der Waals surface area contributed by atoms with Crippen LogP contribution in [0, 0.1) is 6.92 Å². The van der Waals surface area contributed by atoms with Gasteiger partial charge in [0.25, 0.3) is 11.8 Å². The molecule has 2 atom stereocenters. The number of aromatic nitrogens is 2. The topological polar surface area (TPSA) is 154 Å². The lowest BCUT2D eigenvalue weighted by atomic mass is 10.0. The number of aryl methyl sites for hydroxylation is 1. The number of β-lactam (4-membered cyclic amide) rings is 1. The number of amides is 2. The molecular formula is C22H26N7O5S3+. The zero-order valence-corrected chi connectivity index (χ0v) is 22.8. The Bertz CT molecular complexity index is 1320. The van der Waals surface area contributed by atoms with Crippen LogP contribution in [0.4, 0.5) is 10.3 Å². The molecule has 12 nitrogen and oxygen atoms in total. The van der Waals surface area contributed by atoms with Crippen LogP contribution in [0.15, 0.2) is 39.8 Å². The maximum Gasteiger partial charge on any atom is 0.352 e. The number of nitrogen functional groups attached to an aromatic ring is 1. The van der Waals surface area contributed by atoms with Crippen molar-refractivity contribution in [2.24, 2.45) is 12.2 Å². The third-order valence-corrected chi connectivity index (χ3v) is 9.04. The molecule has 1 saturated heterocycles. The largest absolute Gasteiger partial charge is 0.477 e. The highest BCUT2D eigenvalue weighted by Gasteiger charge is 2.54. The second kappa shape index (κ2) is 10.9. The first-order valence-corrected chi connectivity index (χ1v) is 13.8. The Morgan fingerprint density at radius 3 is 2.81 bits per heavy atom. The number of hydrogen-bond acceptors (Lipinski definition) is 11. The summed E-state index contributed by atoms with van der Waals surface area (Å²) in [6.07, 6.45) is 1.47. The van der Waals surface area contributed by atoms with E-state index in [0.29, 0.717) is 17.9 Å². The van der Waals surface area contributed by atoms with Crippen molar-refractivity contribution in [3.05, 3.63) is 46.1 Å². The Labute approximate surface area is 225 Å². The van der Waals surface area contributed by atoms with E-state index in [1.165, 1.54) is 22.7 Å². The van der Waals surface area contributed by atoms with Gasteiger partial charge in [-0.3, -0.25) is 19.4 Å². The maximum atomic E-state index is 13.1. The monoisotopic (exact) mass is 564 g/mol. The summed E-state index contributed by atoms with van der Waals surface area (Å²) in [5.41, 5.74) is 7.43. The molecule has 0 spiro atoms. The number of rotatable bonds is 10. The summed E-state index contributed by atoms with van der Waals surface area (Å²) in [6.45, 7) is 5.94. The van der Waals surface area contributed by atoms with Gasteiger partial charge < -0.3 is 21.0 Å². The van der Waals surface area contributed by atoms with E-state index in [1.54, 1.807) is 16.7 Å². The summed E-state index contributed by atoms with van der Waals surface area (Å²) in [5, 5.41) is 20.7. The van der Waals surface area contributed by atoms with Crippen molar-refractivity contribution < 1.29 is 28.9 Å². The molecule has 196 valence electrons. The lowest BCUT2D eigenvalue weighted by molar-refractivity contribution is -0.660. The first kappa shape index (κ1) is 26.6. The number of aliphatic carboxylic acids is 1. The Balaban J connectivity index is 1.52. The average Bonchev–Trinajstić information content (AvgIpc) is 3.44. The number of carbonyl (C=O) groups excluding carboxylic acids is 2. The van der Waals surface area contributed by atoms with E-state index in [9.17, 15) is 19.5 Å². The summed E-state index contributed by atoms with van der Waals surface area (Å²) in [7, 11) is 3.83. The van der Waals surface area contributed by atoms with E-state index in [2.05, 4.69) is 22.0 Å². The molecule has 2 aliphatic heterocycles. The average molecular weight is 565 g/mol. The third-order valence-electron chi connectivity index (χ3n) is 5.77. The van der Waals surface area contributed by atoms with Crippen LogP contribution in [0.1, 0.15) is 11.4 Å². The predicted octanol–water partition coefficient (Wildman–Crippen LogP) is 0.701. The number of carbonyl (C=O) groups is 3. The van der Waals surface area contributed by atoms with Crippen molar-refractivity contribution >= 4 is 68.2 Å². The van der Waals surface area contributed by atoms with Crippen molar-refractivity contribution in [3.8, 4) is 0 Å². The Morgan fingerprint density at radius 1 is 1.46 bits per heavy atom. The van der Waals surface area contributed by atoms with E-state index in [4.69, 9.17) is 10.6 Å². The zero-order chi connectivity index (χ0) is 26.9. The van der Waals surface area contributed by atoms with Gasteiger partial charge in [0.1, 0.15) is 41.7 Å². The van der Waals surface area contributed by atoms with Gasteiger partial charge in [-0.15, -0.1) is 23.1 Å². The molecule has 0 saturated carbocycles. The standard InChI is InChI=1S/C22H25N7O5S3/c1-5-6-34-26-14(13-10-36-21(23)24-13)17(30)25-15-18(31)29-16(20(32)33)12(9-35-19(15)29)7-27(3)22-28(4)11(2)8-37-22/h5,8,10,15,19H,1,6-7,9H2,2-4H3,(H3-,23,24,25,30,32,33)/p+1/b26-14+/t15?,19-/m1/s1. The van der Waals surface area contributed by atoms with Crippen LogP contribution in [-0.4, -0.2) is 75.9 Å². The van der Waals surface area contributed by atoms with Crippen molar-refractivity contribution in [1.82, 2.24) is 15.2 Å². The van der Waals surface area contributed by atoms with Gasteiger partial charge in [0.2, 0.25) is 0 Å². The number of anilines is 2. The second-order valence-electron chi connectivity index (χ2n) is 8.29. The quantitative estimate of drug-likeness (QED) is 0.0945. The summed E-state index contributed by atoms with van der Waals surface area (Å²) in [4.78, 5) is 50.7. The number of nitrogens with two attached hydrogens (primary N) is 1. The van der Waals surface area contributed by atoms with Crippen molar-refractivity contribution in [1.29, 1.82) is 0 Å². The Morgan fingerprint density at radius 2 is 2.22 bits per heavy atom. The summed E-state index contributed by atoms with van der Waals surface area (Å²) in [6, 6.07) is -0.926. The molecule has 2 amide bonds. The normalized spacial score (nSPS) is 19.3. The minimum absolute atomic E-state index is 0.0440. The van der Waals surface area contributed by atoms with Gasteiger partial charge in [-0.2, -0.15) is 0 Å². The van der Waals surface area contributed by atoms with Crippen molar-refractivity contribution in [2.45, 2.75) is 18.3 Å². The highest BCUT2D eigenvalue weighted by molar-refractivity contribution is 8.00. The van der Waals surface area contributed by atoms with Gasteiger partial charge >= 0.3 is 11.1 Å². The van der Waals surface area contributed by atoms with Crippen LogP contribution in [0.5, 0.6) is 0 Å². The number of likely N-dealkylation sites (N-methyl/N-ethyl adjacent to an activating group) is 1. The van der Waals surface area contributed by atoms with Gasteiger partial charge in [-0.25, -0.2) is 14.3 Å². The number of fused-ring (bicyclic) bond motifs is 1. The molecular weight excluding hydrogens is 538 g/mol. The van der Waals surface area contributed by atoms with E-state index in [-0.39, 0.29) is 28.8 Å². The molecule has 0 bridgehead atoms. The second-order valence-corrected chi connectivity index (χ2v) is 11.1. The van der Waals surface area contributed by atoms with Crippen LogP contribution in [0.3, 0.4) is 0 Å². The number of hydrogen-bond donors (Lipinski definition) is 3. The predicted molar refractivity (Wildman–Crippen MR) is 142 cm³/mol. The first-order chi connectivity index (χ1) is 17.6. The van der Waals surface area contributed by atoms with Gasteiger partial charge in [0.15, 0.2) is 10.8 Å². The Hall–Kier alpha value is -3.43. The van der Waals surface area contributed by atoms with Crippen LogP contribution in [0.2, 0.25) is 0 Å². The zero-order valence-electron chi connectivity index (χ0n) is 20.3. The smallest absolute Gasteiger partial charge is 0.352 e.